The number of carboxylic acids is 1. The number of hydrogen-bond donors (Lipinski definition) is 2. The van der Waals surface area contributed by atoms with Gasteiger partial charge in [0.25, 0.3) is 0 Å². The minimum absolute atomic E-state index is 0.236. The van der Waals surface area contributed by atoms with Crippen molar-refractivity contribution in [3.63, 3.8) is 0 Å². The zero-order valence-corrected chi connectivity index (χ0v) is 18.5. The molecule has 0 unspecified atom stereocenters. The van der Waals surface area contributed by atoms with E-state index in [1.165, 1.54) is 0 Å². The number of aromatic carboxylic acids is 1. The molecule has 0 amide bonds. The maximum atomic E-state index is 11.1. The highest BCUT2D eigenvalue weighted by atomic mass is 79.9. The van der Waals surface area contributed by atoms with Crippen molar-refractivity contribution in [3.05, 3.63) is 91.3 Å². The molecule has 0 aliphatic carbocycles. The van der Waals surface area contributed by atoms with Gasteiger partial charge in [0.2, 0.25) is 0 Å². The summed E-state index contributed by atoms with van der Waals surface area (Å²) in [6.45, 7) is 0.871. The van der Waals surface area contributed by atoms with E-state index < -0.39 is 5.97 Å². The van der Waals surface area contributed by atoms with Crippen molar-refractivity contribution in [1.82, 2.24) is 0 Å². The van der Waals surface area contributed by atoms with Crippen LogP contribution in [0.3, 0.4) is 0 Å². The van der Waals surface area contributed by atoms with E-state index in [0.717, 1.165) is 31.5 Å². The highest BCUT2D eigenvalue weighted by Gasteiger charge is 2.12. The van der Waals surface area contributed by atoms with Crippen LogP contribution in [0.4, 0.5) is 5.69 Å². The lowest BCUT2D eigenvalue weighted by atomic mass is 10.1. The van der Waals surface area contributed by atoms with Crippen LogP contribution in [0.15, 0.2) is 69.6 Å². The number of halogens is 3. The number of anilines is 1. The number of carbonyl (C=O) groups is 1. The summed E-state index contributed by atoms with van der Waals surface area (Å²) in [6.07, 6.45) is 0. The fraction of sp³-hybridized carbons (Fsp3) is 0.0952. The molecule has 0 fully saturated rings. The predicted octanol–water partition coefficient (Wildman–Crippen LogP) is 6.75. The minimum Gasteiger partial charge on any atom is -0.487 e. The Morgan fingerprint density at radius 2 is 1.82 bits per heavy atom. The van der Waals surface area contributed by atoms with Crippen molar-refractivity contribution in [2.45, 2.75) is 13.2 Å². The standard InChI is InChI=1S/C21H16Br2ClNO3/c22-16-8-15(11-25-18-3-1-2-14(9-18)21(26)27)20(19(23)10-16)28-12-13-4-6-17(24)7-5-13/h1-10,25H,11-12H2,(H,26,27). The van der Waals surface area contributed by atoms with Crippen molar-refractivity contribution in [1.29, 1.82) is 0 Å². The lowest BCUT2D eigenvalue weighted by Gasteiger charge is -2.16. The summed E-state index contributed by atoms with van der Waals surface area (Å²) < 4.78 is 7.79. The molecule has 4 nitrogen and oxygen atoms in total. The molecular weight excluding hydrogens is 509 g/mol. The Kier molecular flexibility index (Phi) is 6.99. The second kappa shape index (κ2) is 9.45. The second-order valence-corrected chi connectivity index (χ2v) is 8.24. The molecular formula is C21H16Br2ClNO3. The van der Waals surface area contributed by atoms with E-state index in [0.29, 0.717) is 18.2 Å². The predicted molar refractivity (Wildman–Crippen MR) is 118 cm³/mol. The lowest BCUT2D eigenvalue weighted by molar-refractivity contribution is 0.0697. The van der Waals surface area contributed by atoms with E-state index in [4.69, 9.17) is 21.4 Å². The molecule has 0 atom stereocenters. The fourth-order valence-electron chi connectivity index (χ4n) is 2.60. The molecule has 144 valence electrons. The third kappa shape index (κ3) is 5.50. The van der Waals surface area contributed by atoms with Crippen LogP contribution in [0.2, 0.25) is 5.02 Å². The highest BCUT2D eigenvalue weighted by Crippen LogP contribution is 2.34. The number of carboxylic acid groups (broad SMARTS) is 1. The van der Waals surface area contributed by atoms with E-state index >= 15 is 0 Å². The molecule has 0 heterocycles. The van der Waals surface area contributed by atoms with Gasteiger partial charge >= 0.3 is 5.97 Å². The van der Waals surface area contributed by atoms with Gasteiger partial charge in [-0.3, -0.25) is 0 Å². The van der Waals surface area contributed by atoms with Gasteiger partial charge in [-0.15, -0.1) is 0 Å². The van der Waals surface area contributed by atoms with Gasteiger partial charge in [-0.2, -0.15) is 0 Å². The normalized spacial score (nSPS) is 10.5. The number of nitrogens with one attached hydrogen (secondary N) is 1. The third-order valence-corrected chi connectivity index (χ3v) is 5.27. The molecule has 0 saturated carbocycles. The average molecular weight is 526 g/mol. The van der Waals surface area contributed by atoms with Gasteiger partial charge in [0, 0.05) is 27.3 Å². The summed E-state index contributed by atoms with van der Waals surface area (Å²) in [5.74, 6) is -0.235. The molecule has 2 N–H and O–H groups in total. The van der Waals surface area contributed by atoms with Crippen LogP contribution in [0.5, 0.6) is 5.75 Å². The number of rotatable bonds is 7. The highest BCUT2D eigenvalue weighted by molar-refractivity contribution is 9.11. The average Bonchev–Trinajstić information content (AvgIpc) is 2.67. The first-order chi connectivity index (χ1) is 13.4. The summed E-state index contributed by atoms with van der Waals surface area (Å²) >= 11 is 13.0. The van der Waals surface area contributed by atoms with Crippen molar-refractivity contribution in [3.8, 4) is 5.75 Å². The molecule has 0 aliphatic heterocycles. The van der Waals surface area contributed by atoms with Crippen LogP contribution in [-0.2, 0) is 13.2 Å². The quantitative estimate of drug-likeness (QED) is 0.358. The Morgan fingerprint density at radius 3 is 2.54 bits per heavy atom. The molecule has 0 radical (unpaired) electrons. The minimum atomic E-state index is -0.958. The van der Waals surface area contributed by atoms with Crippen molar-refractivity contribution >= 4 is 55.1 Å². The molecule has 3 aromatic rings. The SMILES string of the molecule is O=C(O)c1cccc(NCc2cc(Br)cc(Br)c2OCc2ccc(Cl)cc2)c1. The smallest absolute Gasteiger partial charge is 0.335 e. The van der Waals surface area contributed by atoms with Crippen LogP contribution < -0.4 is 10.1 Å². The fourth-order valence-corrected chi connectivity index (χ4v) is 4.16. The molecule has 0 spiro atoms. The first-order valence-corrected chi connectivity index (χ1v) is 10.3. The zero-order chi connectivity index (χ0) is 20.1. The first kappa shape index (κ1) is 20.7. The van der Waals surface area contributed by atoms with E-state index in [9.17, 15) is 4.79 Å². The van der Waals surface area contributed by atoms with Gasteiger partial charge in [0.05, 0.1) is 10.0 Å². The van der Waals surface area contributed by atoms with Gasteiger partial charge in [-0.1, -0.05) is 45.7 Å². The van der Waals surface area contributed by atoms with Crippen LogP contribution in [0.25, 0.3) is 0 Å². The Labute approximate surface area is 184 Å². The number of benzene rings is 3. The lowest BCUT2D eigenvalue weighted by Crippen LogP contribution is -2.05. The van der Waals surface area contributed by atoms with Crippen LogP contribution >= 0.6 is 43.5 Å². The van der Waals surface area contributed by atoms with Crippen molar-refractivity contribution < 1.29 is 14.6 Å². The van der Waals surface area contributed by atoms with Gasteiger partial charge in [-0.25, -0.2) is 4.79 Å². The Bertz CT molecular complexity index is 993. The van der Waals surface area contributed by atoms with Crippen molar-refractivity contribution in [2.75, 3.05) is 5.32 Å². The van der Waals surface area contributed by atoms with Crippen molar-refractivity contribution in [2.24, 2.45) is 0 Å². The van der Waals surface area contributed by atoms with Gasteiger partial charge in [0.15, 0.2) is 0 Å². The van der Waals surface area contributed by atoms with E-state index in [1.807, 2.05) is 42.5 Å². The molecule has 7 heteroatoms. The summed E-state index contributed by atoms with van der Waals surface area (Å²) in [7, 11) is 0. The van der Waals surface area contributed by atoms with Gasteiger partial charge < -0.3 is 15.2 Å². The van der Waals surface area contributed by atoms with E-state index in [1.54, 1.807) is 18.2 Å². The molecule has 0 aromatic heterocycles. The summed E-state index contributed by atoms with van der Waals surface area (Å²) in [6, 6.07) is 18.1. The summed E-state index contributed by atoms with van der Waals surface area (Å²) in [4.78, 5) is 11.1. The maximum absolute atomic E-state index is 11.1. The second-order valence-electron chi connectivity index (χ2n) is 6.03. The Hall–Kier alpha value is -2.02. The van der Waals surface area contributed by atoms with Crippen LogP contribution in [-0.4, -0.2) is 11.1 Å². The molecule has 3 rings (SSSR count). The maximum Gasteiger partial charge on any atom is 0.335 e. The summed E-state index contributed by atoms with van der Waals surface area (Å²) in [5.41, 5.74) is 2.89. The number of hydrogen-bond acceptors (Lipinski definition) is 3. The Morgan fingerprint density at radius 1 is 1.07 bits per heavy atom. The topological polar surface area (TPSA) is 58.6 Å². The Balaban J connectivity index is 1.77. The molecule has 0 bridgehead atoms. The van der Waals surface area contributed by atoms with Gasteiger partial charge in [-0.05, 0) is 64.0 Å². The van der Waals surface area contributed by atoms with E-state index in [-0.39, 0.29) is 5.56 Å². The van der Waals surface area contributed by atoms with Gasteiger partial charge in [0.1, 0.15) is 12.4 Å². The largest absolute Gasteiger partial charge is 0.487 e. The zero-order valence-electron chi connectivity index (χ0n) is 14.6. The molecule has 0 aliphatic rings. The number of ether oxygens (including phenoxy) is 1. The van der Waals surface area contributed by atoms with E-state index in [2.05, 4.69) is 37.2 Å². The van der Waals surface area contributed by atoms with Crippen LogP contribution in [0.1, 0.15) is 21.5 Å². The monoisotopic (exact) mass is 523 g/mol. The third-order valence-electron chi connectivity index (χ3n) is 3.97. The summed E-state index contributed by atoms with van der Waals surface area (Å²) in [5, 5.41) is 13.1. The molecule has 3 aromatic carbocycles. The molecule has 0 saturated heterocycles. The van der Waals surface area contributed by atoms with Crippen LogP contribution in [0, 0.1) is 0 Å². The first-order valence-electron chi connectivity index (χ1n) is 8.35. The molecule has 28 heavy (non-hydrogen) atoms.